The fourth-order valence-corrected chi connectivity index (χ4v) is 21.6. The van der Waals surface area contributed by atoms with Gasteiger partial charge in [-0.05, 0) is 259 Å². The number of carbonyl (C=O) groups excluding carboxylic acids is 5. The summed E-state index contributed by atoms with van der Waals surface area (Å²) in [7, 11) is -0.416. The second kappa shape index (κ2) is 21.1. The molecule has 436 valence electrons. The predicted molar refractivity (Wildman–Crippen MR) is 307 cm³/mol. The average Bonchev–Trinajstić information content (AvgIpc) is 4.30. The SMILES string of the molecule is CC1C2CCC(C2)C1CC(C)(CC(CC(C)(CC(C)(C)C(=O)Oc1ccc([S+](c2ccccc2)c2ccccc2)cc1)C(=O)OC12CC3CC(CC(O)(C3)C1)C2)C(=O)OC1CCOC1=O)C(=O)OC(C)(C)C12CC3CC(CC(C3)C1)C2. The molecule has 10 unspecified atom stereocenters. The van der Waals surface area contributed by atoms with Crippen LogP contribution in [0.1, 0.15) is 177 Å². The Morgan fingerprint density at radius 2 is 1.21 bits per heavy atom. The van der Waals surface area contributed by atoms with Crippen LogP contribution in [-0.4, -0.2) is 64.5 Å². The lowest BCUT2D eigenvalue weighted by Gasteiger charge is -2.61. The summed E-state index contributed by atoms with van der Waals surface area (Å²) in [6, 6.07) is 28.3. The van der Waals surface area contributed by atoms with Gasteiger partial charge in [-0.2, -0.15) is 0 Å². The number of hydrogen-bond donors (Lipinski definition) is 1. The molecule has 10 bridgehead atoms. The zero-order valence-corrected chi connectivity index (χ0v) is 50.0. The molecule has 10 atom stereocenters. The summed E-state index contributed by atoms with van der Waals surface area (Å²) in [6.07, 6.45) is 13.7. The Balaban J connectivity index is 0.871. The number of fused-ring (bicyclic) bond motifs is 2. The minimum Gasteiger partial charge on any atom is -0.463 e. The first-order valence-electron chi connectivity index (χ1n) is 31.2. The zero-order valence-electron chi connectivity index (χ0n) is 49.2. The lowest BCUT2D eigenvalue weighted by atomic mass is 9.46. The van der Waals surface area contributed by atoms with E-state index < -0.39 is 79.8 Å². The Labute approximate surface area is 483 Å². The van der Waals surface area contributed by atoms with Gasteiger partial charge in [0.2, 0.25) is 6.10 Å². The van der Waals surface area contributed by atoms with Crippen LogP contribution in [0, 0.1) is 80.8 Å². The number of hydrogen-bond acceptors (Lipinski definition) is 11. The monoisotopic (exact) mass is 1130 g/mol. The maximum atomic E-state index is 15.8. The number of esters is 5. The fraction of sp³-hybridized carbons (Fsp3) is 0.667. The van der Waals surface area contributed by atoms with E-state index in [1.807, 2.05) is 67.6 Å². The number of aliphatic hydroxyl groups is 1. The predicted octanol–water partition coefficient (Wildman–Crippen LogP) is 13.6. The largest absolute Gasteiger partial charge is 0.463 e. The van der Waals surface area contributed by atoms with E-state index in [9.17, 15) is 14.7 Å². The van der Waals surface area contributed by atoms with Gasteiger partial charge in [-0.3, -0.25) is 19.2 Å². The van der Waals surface area contributed by atoms with Crippen LogP contribution >= 0.6 is 0 Å². The highest BCUT2D eigenvalue weighted by Crippen LogP contribution is 2.66. The van der Waals surface area contributed by atoms with Gasteiger partial charge in [0.25, 0.3) is 0 Å². The molecule has 10 saturated carbocycles. The van der Waals surface area contributed by atoms with Gasteiger partial charge in [-0.15, -0.1) is 0 Å². The molecule has 1 saturated heterocycles. The van der Waals surface area contributed by atoms with Crippen molar-refractivity contribution in [1.82, 2.24) is 0 Å². The molecule has 0 aromatic heterocycles. The van der Waals surface area contributed by atoms with Crippen LogP contribution in [0.2, 0.25) is 0 Å². The molecule has 12 heteroatoms. The summed E-state index contributed by atoms with van der Waals surface area (Å²) in [4.78, 5) is 78.5. The van der Waals surface area contributed by atoms with E-state index in [4.69, 9.17) is 23.7 Å². The van der Waals surface area contributed by atoms with Crippen molar-refractivity contribution in [2.24, 2.45) is 80.8 Å². The fourth-order valence-electron chi connectivity index (χ4n) is 19.5. The van der Waals surface area contributed by atoms with Gasteiger partial charge in [-0.1, -0.05) is 43.3 Å². The summed E-state index contributed by atoms with van der Waals surface area (Å²) in [5.74, 6) is 0.570. The maximum absolute atomic E-state index is 15.8. The van der Waals surface area contributed by atoms with E-state index in [0.29, 0.717) is 79.8 Å². The molecule has 11 fully saturated rings. The summed E-state index contributed by atoms with van der Waals surface area (Å²) < 4.78 is 31.8. The van der Waals surface area contributed by atoms with Crippen LogP contribution in [0.3, 0.4) is 0 Å². The molecule has 0 spiro atoms. The van der Waals surface area contributed by atoms with Crippen molar-refractivity contribution in [2.45, 2.75) is 214 Å². The smallest absolute Gasteiger partial charge is 0.347 e. The quantitative estimate of drug-likeness (QED) is 0.0498. The topological polar surface area (TPSA) is 152 Å². The molecule has 1 aliphatic heterocycles. The van der Waals surface area contributed by atoms with Gasteiger partial charge in [-0.25, -0.2) is 4.79 Å². The Hall–Kier alpha value is -4.68. The number of benzene rings is 3. The van der Waals surface area contributed by atoms with Crippen LogP contribution in [0.15, 0.2) is 99.6 Å². The number of ether oxygens (including phenoxy) is 5. The third-order valence-electron chi connectivity index (χ3n) is 22.6. The first-order chi connectivity index (χ1) is 38.4. The van der Waals surface area contributed by atoms with Crippen molar-refractivity contribution in [3.63, 3.8) is 0 Å². The molecule has 1 N–H and O–H groups in total. The van der Waals surface area contributed by atoms with E-state index in [-0.39, 0.29) is 61.4 Å². The standard InChI is InChI=1S/C69H89O11S/c1-43-49-18-19-50(30-49)56(43)40-65(6,61(73)79-64(4,5)67-31-44-26-45(32-67)28-46(27-44)33-67)38-51(58(70)78-57-24-25-76-59(57)71)39-66(7,62(74)80-69-36-47-29-48(37-69)35-68(75,34-47)42-69)41-63(2,3)60(72)77-52-20-22-55(23-21-52)81(53-14-10-8-11-15-53)54-16-12-9-13-17-54/h8-17,20-23,43-51,56-57,75H,18-19,24-42H2,1-7H3/q+1. The molecule has 14 rings (SSSR count). The van der Waals surface area contributed by atoms with Gasteiger partial charge >= 0.3 is 29.8 Å². The highest BCUT2D eigenvalue weighted by Gasteiger charge is 2.63. The van der Waals surface area contributed by atoms with E-state index in [0.717, 1.165) is 53.2 Å². The maximum Gasteiger partial charge on any atom is 0.347 e. The van der Waals surface area contributed by atoms with Crippen LogP contribution in [0.25, 0.3) is 0 Å². The van der Waals surface area contributed by atoms with E-state index in [2.05, 4.69) is 45.0 Å². The number of rotatable bonds is 20. The van der Waals surface area contributed by atoms with Gasteiger partial charge in [0.1, 0.15) is 17.0 Å². The van der Waals surface area contributed by atoms with Gasteiger partial charge < -0.3 is 28.8 Å². The minimum absolute atomic E-state index is 0.00670. The van der Waals surface area contributed by atoms with Crippen LogP contribution in [0.5, 0.6) is 5.75 Å². The molecule has 3 aromatic carbocycles. The number of cyclic esters (lactones) is 1. The normalized spacial score (nSPS) is 35.2. The van der Waals surface area contributed by atoms with Gasteiger partial charge in [0.15, 0.2) is 14.7 Å². The second-order valence-corrected chi connectivity index (χ2v) is 31.9. The highest BCUT2D eigenvalue weighted by molar-refractivity contribution is 7.97. The molecule has 81 heavy (non-hydrogen) atoms. The second-order valence-electron chi connectivity index (χ2n) is 29.9. The molecule has 10 aliphatic carbocycles. The molecule has 11 aliphatic rings. The average molecular weight is 1130 g/mol. The van der Waals surface area contributed by atoms with Crippen molar-refractivity contribution >= 4 is 40.7 Å². The van der Waals surface area contributed by atoms with Gasteiger partial charge in [0.05, 0.1) is 45.3 Å². The lowest BCUT2D eigenvalue weighted by Crippen LogP contribution is -2.61. The van der Waals surface area contributed by atoms with E-state index in [1.54, 1.807) is 20.8 Å². The molecular formula is C69H89O11S+. The van der Waals surface area contributed by atoms with Crippen molar-refractivity contribution in [3.05, 3.63) is 84.9 Å². The first-order valence-corrected chi connectivity index (χ1v) is 32.4. The molecule has 3 aromatic rings. The summed E-state index contributed by atoms with van der Waals surface area (Å²) in [5, 5.41) is 11.9. The summed E-state index contributed by atoms with van der Waals surface area (Å²) in [5.41, 5.74) is -6.77. The van der Waals surface area contributed by atoms with Crippen LogP contribution < -0.4 is 4.74 Å². The Kier molecular flexibility index (Phi) is 14.8. The van der Waals surface area contributed by atoms with Crippen molar-refractivity contribution < 1.29 is 52.8 Å². The van der Waals surface area contributed by atoms with Crippen molar-refractivity contribution in [3.8, 4) is 5.75 Å². The Morgan fingerprint density at radius 3 is 1.75 bits per heavy atom. The van der Waals surface area contributed by atoms with E-state index >= 15 is 14.4 Å². The van der Waals surface area contributed by atoms with Crippen molar-refractivity contribution in [2.75, 3.05) is 6.61 Å². The highest BCUT2D eigenvalue weighted by atomic mass is 32.2. The summed E-state index contributed by atoms with van der Waals surface area (Å²) >= 11 is 0. The minimum atomic E-state index is -1.54. The molecule has 11 nitrogen and oxygen atoms in total. The van der Waals surface area contributed by atoms with Crippen molar-refractivity contribution in [1.29, 1.82) is 0 Å². The molecule has 0 amide bonds. The molecule has 1 heterocycles. The third kappa shape index (κ3) is 11.1. The van der Waals surface area contributed by atoms with Crippen LogP contribution in [-0.2, 0) is 53.8 Å². The lowest BCUT2D eigenvalue weighted by molar-refractivity contribution is -0.227. The molecular weight excluding hydrogens is 1040 g/mol. The molecule has 0 radical (unpaired) electrons. The summed E-state index contributed by atoms with van der Waals surface area (Å²) in [6.45, 7) is 14.0. The number of carbonyl (C=O) groups is 5. The zero-order chi connectivity index (χ0) is 56.9. The third-order valence-corrected chi connectivity index (χ3v) is 24.9. The first kappa shape index (κ1) is 56.8. The van der Waals surface area contributed by atoms with Crippen LogP contribution in [0.4, 0.5) is 0 Å². The van der Waals surface area contributed by atoms with E-state index in [1.165, 1.54) is 25.7 Å². The Morgan fingerprint density at radius 1 is 0.654 bits per heavy atom. The Bertz CT molecular complexity index is 2770. The van der Waals surface area contributed by atoms with Gasteiger partial charge in [0, 0.05) is 18.3 Å².